The van der Waals surface area contributed by atoms with Crippen molar-refractivity contribution >= 4 is 18.1 Å². The van der Waals surface area contributed by atoms with Gasteiger partial charge in [-0.25, -0.2) is 4.79 Å². The Bertz CT molecular complexity index is 310. The van der Waals surface area contributed by atoms with E-state index >= 15 is 0 Å². The van der Waals surface area contributed by atoms with Crippen molar-refractivity contribution in [2.24, 2.45) is 5.41 Å². The van der Waals surface area contributed by atoms with Gasteiger partial charge >= 0.3 is 18.1 Å². The quantitative estimate of drug-likeness (QED) is 0.695. The lowest BCUT2D eigenvalue weighted by Crippen LogP contribution is -2.31. The number of esters is 1. The maximum atomic E-state index is 11.2. The van der Waals surface area contributed by atoms with Gasteiger partial charge in [-0.3, -0.25) is 4.79 Å². The van der Waals surface area contributed by atoms with Crippen LogP contribution in [0.25, 0.3) is 0 Å². The van der Waals surface area contributed by atoms with Gasteiger partial charge in [-0.05, 0) is 12.3 Å². The lowest BCUT2D eigenvalue weighted by molar-refractivity contribution is -0.191. The van der Waals surface area contributed by atoms with Crippen molar-refractivity contribution in [3.63, 3.8) is 0 Å². The summed E-state index contributed by atoms with van der Waals surface area (Å²) in [5.74, 6) is -2.12. The van der Waals surface area contributed by atoms with Gasteiger partial charge in [-0.1, -0.05) is 20.8 Å². The average molecular weight is 262 g/mol. The second-order valence-corrected chi connectivity index (χ2v) is 4.64. The zero-order valence-corrected chi connectivity index (χ0v) is 10.8. The van der Waals surface area contributed by atoms with Crippen LogP contribution in [0.15, 0.2) is 0 Å². The molecule has 0 fully saturated rings. The third-order valence-corrected chi connectivity index (χ3v) is 2.17. The molecule has 2 atom stereocenters. The molecule has 0 amide bonds. The summed E-state index contributed by atoms with van der Waals surface area (Å²) in [7, 11) is 0. The summed E-state index contributed by atoms with van der Waals surface area (Å²) >= 11 is 0. The molecule has 7 nitrogen and oxygen atoms in total. The number of carbonyl (C=O) groups excluding carboxylic acids is 3. The highest BCUT2D eigenvalue weighted by Crippen LogP contribution is 2.22. The predicted octanol–water partition coefficient (Wildman–Crippen LogP) is 0.216. The lowest BCUT2D eigenvalue weighted by atomic mass is 9.90. The summed E-state index contributed by atoms with van der Waals surface area (Å²) in [4.78, 5) is 37.7. The molecule has 0 heterocycles. The van der Waals surface area contributed by atoms with E-state index in [9.17, 15) is 9.59 Å². The Morgan fingerprint density at radius 1 is 1.28 bits per heavy atom. The van der Waals surface area contributed by atoms with Gasteiger partial charge in [0.25, 0.3) is 0 Å². The summed E-state index contributed by atoms with van der Waals surface area (Å²) in [5, 5.41) is 17.3. The molecule has 104 valence electrons. The Labute approximate surface area is 105 Å². The van der Waals surface area contributed by atoms with E-state index in [0.717, 1.165) is 0 Å². The van der Waals surface area contributed by atoms with Crippen molar-refractivity contribution in [3.05, 3.63) is 0 Å². The molecule has 0 saturated carbocycles. The number of carboxylic acid groups (broad SMARTS) is 1. The van der Waals surface area contributed by atoms with Gasteiger partial charge in [0.2, 0.25) is 0 Å². The first kappa shape index (κ1) is 18.6. The van der Waals surface area contributed by atoms with Crippen LogP contribution < -0.4 is 0 Å². The van der Waals surface area contributed by atoms with Crippen LogP contribution in [0.4, 0.5) is 0 Å². The maximum absolute atomic E-state index is 11.2. The molecule has 0 unspecified atom stereocenters. The van der Waals surface area contributed by atoms with E-state index in [4.69, 9.17) is 24.5 Å². The summed E-state index contributed by atoms with van der Waals surface area (Å²) in [6.45, 7) is 7.43. The molecular weight excluding hydrogens is 244 g/mol. The van der Waals surface area contributed by atoms with Crippen LogP contribution in [0, 0.1) is 5.41 Å². The van der Waals surface area contributed by atoms with Gasteiger partial charge in [0.15, 0.2) is 6.10 Å². The van der Waals surface area contributed by atoms with E-state index in [0.29, 0.717) is 0 Å². The van der Waals surface area contributed by atoms with Gasteiger partial charge in [-0.2, -0.15) is 9.59 Å². The minimum absolute atomic E-state index is 0.205. The molecule has 0 aliphatic heterocycles. The van der Waals surface area contributed by atoms with E-state index < -0.39 is 24.5 Å². The Hall–Kier alpha value is -1.72. The lowest BCUT2D eigenvalue weighted by Gasteiger charge is -2.27. The minimum Gasteiger partial charge on any atom is -0.479 e. The monoisotopic (exact) mass is 262 g/mol. The number of ether oxygens (including phenoxy) is 1. The highest BCUT2D eigenvalue weighted by molar-refractivity contribution is 5.80. The largest absolute Gasteiger partial charge is 0.479 e. The second kappa shape index (κ2) is 8.38. The first-order valence-corrected chi connectivity index (χ1v) is 5.15. The molecule has 0 radical (unpaired) electrons. The number of rotatable bonds is 4. The van der Waals surface area contributed by atoms with Crippen LogP contribution >= 0.6 is 0 Å². The first-order chi connectivity index (χ1) is 8.06. The van der Waals surface area contributed by atoms with Crippen molar-refractivity contribution in [3.8, 4) is 0 Å². The van der Waals surface area contributed by atoms with Crippen molar-refractivity contribution < 1.29 is 34.1 Å². The molecule has 0 bridgehead atoms. The van der Waals surface area contributed by atoms with Crippen LogP contribution in [0.2, 0.25) is 0 Å². The molecule has 2 N–H and O–H groups in total. The van der Waals surface area contributed by atoms with E-state index in [1.807, 2.05) is 20.8 Å². The third kappa shape index (κ3) is 9.50. The molecule has 0 aromatic heterocycles. The van der Waals surface area contributed by atoms with E-state index in [2.05, 4.69) is 0 Å². The Kier molecular flexibility index (Phi) is 8.68. The smallest absolute Gasteiger partial charge is 0.373 e. The number of aliphatic hydroxyl groups excluding tert-OH is 1. The van der Waals surface area contributed by atoms with Gasteiger partial charge in [0.05, 0.1) is 6.42 Å². The number of carbonyl (C=O) groups is 2. The number of hydrogen-bond acceptors (Lipinski definition) is 6. The van der Waals surface area contributed by atoms with Crippen LogP contribution in [0.1, 0.15) is 34.1 Å². The molecule has 0 spiro atoms. The maximum Gasteiger partial charge on any atom is 0.373 e. The van der Waals surface area contributed by atoms with Crippen LogP contribution in [0.3, 0.4) is 0 Å². The Morgan fingerprint density at radius 2 is 1.67 bits per heavy atom. The average Bonchev–Trinajstić information content (AvgIpc) is 2.16. The van der Waals surface area contributed by atoms with Crippen molar-refractivity contribution in [2.45, 2.75) is 46.3 Å². The zero-order valence-electron chi connectivity index (χ0n) is 10.8. The highest BCUT2D eigenvalue weighted by atomic mass is 16.5. The van der Waals surface area contributed by atoms with Gasteiger partial charge < -0.3 is 14.9 Å². The Balaban J connectivity index is 0. The second-order valence-electron chi connectivity index (χ2n) is 4.64. The van der Waals surface area contributed by atoms with Gasteiger partial charge in [0, 0.05) is 0 Å². The first-order valence-electron chi connectivity index (χ1n) is 5.15. The minimum atomic E-state index is -1.69. The summed E-state index contributed by atoms with van der Waals surface area (Å²) in [6.07, 6.45) is -2.29. The summed E-state index contributed by atoms with van der Waals surface area (Å²) in [5.41, 5.74) is -0.205. The molecule has 0 rings (SSSR count). The SMILES string of the molecule is C[C@H](OC(=O)C[C@H](O)C(=O)O)C(C)(C)C.O=C=O. The third-order valence-electron chi connectivity index (χ3n) is 2.17. The predicted molar refractivity (Wildman–Crippen MR) is 58.3 cm³/mol. The molecule has 7 heteroatoms. The normalized spacial score (nSPS) is 13.4. The summed E-state index contributed by atoms with van der Waals surface area (Å²) < 4.78 is 4.97. The molecule has 0 aliphatic carbocycles. The van der Waals surface area contributed by atoms with Crippen molar-refractivity contribution in [1.82, 2.24) is 0 Å². The van der Waals surface area contributed by atoms with Crippen molar-refractivity contribution in [1.29, 1.82) is 0 Å². The standard InChI is InChI=1S/C10H18O5.CO2/c1-6(10(2,3)4)15-8(12)5-7(11)9(13)14;2-1-3/h6-7,11H,5H2,1-4H3,(H,13,14);/t6-,7-;/m0./s1. The van der Waals surface area contributed by atoms with Crippen molar-refractivity contribution in [2.75, 3.05) is 0 Å². The molecule has 0 saturated heterocycles. The van der Waals surface area contributed by atoms with Gasteiger partial charge in [-0.15, -0.1) is 0 Å². The van der Waals surface area contributed by atoms with Crippen LogP contribution in [-0.2, 0) is 23.9 Å². The molecule has 0 aromatic rings. The summed E-state index contributed by atoms with van der Waals surface area (Å²) in [6, 6.07) is 0. The van der Waals surface area contributed by atoms with Crippen LogP contribution in [-0.4, -0.2) is 40.5 Å². The highest BCUT2D eigenvalue weighted by Gasteiger charge is 2.26. The molecule has 0 aromatic carbocycles. The fraction of sp³-hybridized carbons (Fsp3) is 0.727. The zero-order chi connectivity index (χ0) is 14.9. The number of aliphatic carboxylic acids is 1. The Morgan fingerprint density at radius 3 is 1.94 bits per heavy atom. The fourth-order valence-corrected chi connectivity index (χ4v) is 0.667. The van der Waals surface area contributed by atoms with E-state index in [1.54, 1.807) is 6.92 Å². The molecule has 18 heavy (non-hydrogen) atoms. The van der Waals surface area contributed by atoms with E-state index in [-0.39, 0.29) is 17.7 Å². The molecular formula is C11H18O7. The number of carboxylic acids is 1. The number of aliphatic hydroxyl groups is 1. The number of hydrogen-bond donors (Lipinski definition) is 2. The van der Waals surface area contributed by atoms with Gasteiger partial charge in [0.1, 0.15) is 6.10 Å². The van der Waals surface area contributed by atoms with Crippen LogP contribution in [0.5, 0.6) is 0 Å². The molecule has 0 aliphatic rings. The topological polar surface area (TPSA) is 118 Å². The van der Waals surface area contributed by atoms with E-state index in [1.165, 1.54) is 0 Å². The fourth-order valence-electron chi connectivity index (χ4n) is 0.667.